The fraction of sp³-hybridized carbons (Fsp3) is 0.882. The van der Waals surface area contributed by atoms with Crippen molar-refractivity contribution in [3.63, 3.8) is 0 Å². The molecule has 0 saturated carbocycles. The van der Waals surface area contributed by atoms with Crippen molar-refractivity contribution in [3.8, 4) is 0 Å². The summed E-state index contributed by atoms with van der Waals surface area (Å²) >= 11 is 0. The molecule has 0 saturated heterocycles. The van der Waals surface area contributed by atoms with Gasteiger partial charge in [-0.15, -0.1) is 0 Å². The third-order valence-corrected chi connectivity index (χ3v) is 3.53. The Morgan fingerprint density at radius 2 is 1.25 bits per heavy atom. The molecule has 1 N–H and O–H groups in total. The Bertz CT molecular complexity index is 262. The van der Waals surface area contributed by atoms with Gasteiger partial charge in [0.1, 0.15) is 5.78 Å². The van der Waals surface area contributed by atoms with Crippen LogP contribution in [0.4, 0.5) is 0 Å². The van der Waals surface area contributed by atoms with Crippen molar-refractivity contribution in [2.24, 2.45) is 5.92 Å². The van der Waals surface area contributed by atoms with Crippen LogP contribution in [0, 0.1) is 5.92 Å². The topological polar surface area (TPSA) is 46.2 Å². The van der Waals surface area contributed by atoms with Crippen LogP contribution in [-0.4, -0.2) is 18.2 Å². The summed E-state index contributed by atoms with van der Waals surface area (Å²) < 4.78 is 0. The first-order chi connectivity index (χ1) is 9.54. The van der Waals surface area contributed by atoms with Crippen molar-refractivity contribution < 1.29 is 9.59 Å². The van der Waals surface area contributed by atoms with Gasteiger partial charge in [0.05, 0.1) is 0 Å². The highest BCUT2D eigenvalue weighted by Crippen LogP contribution is 2.10. The van der Waals surface area contributed by atoms with Gasteiger partial charge in [-0.3, -0.25) is 4.79 Å². The van der Waals surface area contributed by atoms with Crippen molar-refractivity contribution in [2.75, 3.05) is 6.54 Å². The minimum absolute atomic E-state index is 0.0954. The van der Waals surface area contributed by atoms with E-state index in [-0.39, 0.29) is 11.8 Å². The van der Waals surface area contributed by atoms with Crippen molar-refractivity contribution in [1.29, 1.82) is 0 Å². The van der Waals surface area contributed by atoms with E-state index in [2.05, 4.69) is 5.32 Å². The highest BCUT2D eigenvalue weighted by Gasteiger charge is 2.04. The van der Waals surface area contributed by atoms with Crippen LogP contribution in [0.15, 0.2) is 0 Å². The summed E-state index contributed by atoms with van der Waals surface area (Å²) in [6.07, 6.45) is 11.7. The van der Waals surface area contributed by atoms with E-state index in [0.717, 1.165) is 25.8 Å². The van der Waals surface area contributed by atoms with E-state index in [1.54, 1.807) is 6.92 Å². The summed E-state index contributed by atoms with van der Waals surface area (Å²) in [5.41, 5.74) is 0. The highest BCUT2D eigenvalue weighted by molar-refractivity contribution is 5.77. The zero-order chi connectivity index (χ0) is 15.2. The van der Waals surface area contributed by atoms with Gasteiger partial charge < -0.3 is 10.1 Å². The molecule has 3 nitrogen and oxygen atoms in total. The predicted molar refractivity (Wildman–Crippen MR) is 84.7 cm³/mol. The van der Waals surface area contributed by atoms with Crippen LogP contribution in [0.1, 0.15) is 85.0 Å². The van der Waals surface area contributed by atoms with Crippen LogP contribution in [0.3, 0.4) is 0 Å². The number of carbonyl (C=O) groups excluding carboxylic acids is 2. The Labute approximate surface area is 124 Å². The molecule has 20 heavy (non-hydrogen) atoms. The molecule has 0 aromatic carbocycles. The molecule has 0 rings (SSSR count). The zero-order valence-electron chi connectivity index (χ0n) is 13.7. The standard InChI is InChI=1S/C17H33NO2/c1-15(2)17(20)18-14-12-10-8-6-4-5-7-9-11-13-16(3)19/h15H,4-14H2,1-3H3,(H,18,20). The van der Waals surface area contributed by atoms with Crippen LogP contribution in [0.2, 0.25) is 0 Å². The molecule has 0 unspecified atom stereocenters. The third kappa shape index (κ3) is 13.6. The van der Waals surface area contributed by atoms with Crippen LogP contribution < -0.4 is 5.32 Å². The van der Waals surface area contributed by atoms with Gasteiger partial charge >= 0.3 is 0 Å². The Kier molecular flexibility index (Phi) is 12.6. The highest BCUT2D eigenvalue weighted by atomic mass is 16.1. The van der Waals surface area contributed by atoms with Crippen molar-refractivity contribution in [2.45, 2.75) is 85.0 Å². The molecule has 0 aliphatic heterocycles. The van der Waals surface area contributed by atoms with E-state index in [1.807, 2.05) is 13.8 Å². The molecular formula is C17H33NO2. The number of carbonyl (C=O) groups is 2. The first-order valence-corrected chi connectivity index (χ1v) is 8.31. The molecule has 0 bridgehead atoms. The fourth-order valence-corrected chi connectivity index (χ4v) is 2.15. The number of ketones is 1. The van der Waals surface area contributed by atoms with Crippen LogP contribution in [0.5, 0.6) is 0 Å². The first kappa shape index (κ1) is 19.1. The van der Waals surface area contributed by atoms with E-state index in [0.29, 0.717) is 5.78 Å². The van der Waals surface area contributed by atoms with Crippen molar-refractivity contribution in [1.82, 2.24) is 5.32 Å². The minimum Gasteiger partial charge on any atom is -0.356 e. The number of rotatable bonds is 13. The van der Waals surface area contributed by atoms with Crippen LogP contribution >= 0.6 is 0 Å². The number of hydrogen-bond donors (Lipinski definition) is 1. The van der Waals surface area contributed by atoms with Gasteiger partial charge in [-0.25, -0.2) is 0 Å². The van der Waals surface area contributed by atoms with Crippen LogP contribution in [-0.2, 0) is 9.59 Å². The van der Waals surface area contributed by atoms with E-state index >= 15 is 0 Å². The number of nitrogens with one attached hydrogen (secondary N) is 1. The van der Waals surface area contributed by atoms with Crippen molar-refractivity contribution >= 4 is 11.7 Å². The predicted octanol–water partition coefficient (Wildman–Crippen LogP) is 4.25. The van der Waals surface area contributed by atoms with Gasteiger partial charge in [-0.2, -0.15) is 0 Å². The summed E-state index contributed by atoms with van der Waals surface area (Å²) in [4.78, 5) is 22.1. The van der Waals surface area contributed by atoms with Crippen molar-refractivity contribution in [3.05, 3.63) is 0 Å². The molecule has 0 fully saturated rings. The number of amides is 1. The monoisotopic (exact) mass is 283 g/mol. The Balaban J connectivity index is 3.10. The molecule has 118 valence electrons. The van der Waals surface area contributed by atoms with E-state index in [1.165, 1.54) is 44.9 Å². The van der Waals surface area contributed by atoms with E-state index < -0.39 is 0 Å². The summed E-state index contributed by atoms with van der Waals surface area (Å²) in [6.45, 7) is 6.34. The second-order valence-electron chi connectivity index (χ2n) is 6.08. The lowest BCUT2D eigenvalue weighted by atomic mass is 10.1. The van der Waals surface area contributed by atoms with E-state index in [9.17, 15) is 9.59 Å². The number of unbranched alkanes of at least 4 members (excludes halogenated alkanes) is 8. The molecule has 0 aromatic heterocycles. The Hall–Kier alpha value is -0.860. The quantitative estimate of drug-likeness (QED) is 0.514. The molecule has 3 heteroatoms. The lowest BCUT2D eigenvalue weighted by molar-refractivity contribution is -0.124. The lowest BCUT2D eigenvalue weighted by Gasteiger charge is -2.07. The van der Waals surface area contributed by atoms with Gasteiger partial charge in [-0.05, 0) is 19.8 Å². The molecule has 0 heterocycles. The van der Waals surface area contributed by atoms with Gasteiger partial charge in [0, 0.05) is 18.9 Å². The lowest BCUT2D eigenvalue weighted by Crippen LogP contribution is -2.28. The van der Waals surface area contributed by atoms with E-state index in [4.69, 9.17) is 0 Å². The summed E-state index contributed by atoms with van der Waals surface area (Å²) in [5, 5.41) is 2.95. The van der Waals surface area contributed by atoms with Gasteiger partial charge in [-0.1, -0.05) is 58.8 Å². The largest absolute Gasteiger partial charge is 0.356 e. The third-order valence-electron chi connectivity index (χ3n) is 3.53. The van der Waals surface area contributed by atoms with Gasteiger partial charge in [0.25, 0.3) is 0 Å². The maximum Gasteiger partial charge on any atom is 0.222 e. The minimum atomic E-state index is 0.0954. The van der Waals surface area contributed by atoms with Crippen LogP contribution in [0.25, 0.3) is 0 Å². The summed E-state index contributed by atoms with van der Waals surface area (Å²) in [6, 6.07) is 0. The normalized spacial score (nSPS) is 10.8. The summed E-state index contributed by atoms with van der Waals surface area (Å²) in [7, 11) is 0. The number of hydrogen-bond acceptors (Lipinski definition) is 2. The molecular weight excluding hydrogens is 250 g/mol. The molecule has 0 radical (unpaired) electrons. The average Bonchev–Trinajstić information content (AvgIpc) is 2.39. The first-order valence-electron chi connectivity index (χ1n) is 8.31. The fourth-order valence-electron chi connectivity index (χ4n) is 2.15. The maximum absolute atomic E-state index is 11.3. The molecule has 0 spiro atoms. The Morgan fingerprint density at radius 1 is 0.800 bits per heavy atom. The van der Waals surface area contributed by atoms with Gasteiger partial charge in [0.15, 0.2) is 0 Å². The van der Waals surface area contributed by atoms with Gasteiger partial charge in [0.2, 0.25) is 5.91 Å². The molecule has 0 aliphatic carbocycles. The average molecular weight is 283 g/mol. The maximum atomic E-state index is 11.3. The molecule has 0 aromatic rings. The smallest absolute Gasteiger partial charge is 0.222 e. The second-order valence-corrected chi connectivity index (χ2v) is 6.08. The molecule has 0 aliphatic rings. The number of Topliss-reactive ketones (excluding diaryl/α,β-unsaturated/α-hetero) is 1. The summed E-state index contributed by atoms with van der Waals surface area (Å²) in [5.74, 6) is 0.572. The second kappa shape index (κ2) is 13.1. The zero-order valence-corrected chi connectivity index (χ0v) is 13.7. The SMILES string of the molecule is CC(=O)CCCCCCCCCCCNC(=O)C(C)C. The Morgan fingerprint density at radius 3 is 1.70 bits per heavy atom. The molecule has 1 amide bonds. The molecule has 0 atom stereocenters.